The number of nitrogens with one attached hydrogen (secondary N) is 1. The largest absolute Gasteiger partial charge is 0.445 e. The minimum Gasteiger partial charge on any atom is -0.445 e. The van der Waals surface area contributed by atoms with E-state index in [4.69, 9.17) is 18.9 Å². The van der Waals surface area contributed by atoms with Crippen LogP contribution in [0.4, 0.5) is 4.79 Å². The average molecular weight is 573 g/mol. The van der Waals surface area contributed by atoms with Crippen LogP contribution in [-0.4, -0.2) is 61.7 Å². The van der Waals surface area contributed by atoms with Crippen molar-refractivity contribution in [2.75, 3.05) is 39.5 Å². The van der Waals surface area contributed by atoms with Crippen LogP contribution in [0.3, 0.4) is 0 Å². The summed E-state index contributed by atoms with van der Waals surface area (Å²) in [6.07, 6.45) is 0.343. The molecule has 8 nitrogen and oxygen atoms in total. The summed E-state index contributed by atoms with van der Waals surface area (Å²) in [6, 6.07) is 24.2. The quantitative estimate of drug-likeness (QED) is 0.315. The van der Waals surface area contributed by atoms with Crippen molar-refractivity contribution in [1.29, 1.82) is 0 Å². The molecule has 8 heteroatoms. The molecule has 2 N–H and O–H groups in total. The van der Waals surface area contributed by atoms with Gasteiger partial charge >= 0.3 is 6.09 Å². The van der Waals surface area contributed by atoms with Gasteiger partial charge in [-0.05, 0) is 27.8 Å². The van der Waals surface area contributed by atoms with E-state index in [-0.39, 0.29) is 31.3 Å². The van der Waals surface area contributed by atoms with Crippen molar-refractivity contribution in [2.45, 2.75) is 38.6 Å². The molecule has 2 saturated heterocycles. The Morgan fingerprint density at radius 1 is 1.02 bits per heavy atom. The summed E-state index contributed by atoms with van der Waals surface area (Å²) in [6.45, 7) is 10.4. The lowest BCUT2D eigenvalue weighted by Crippen LogP contribution is -2.47. The molecule has 0 aromatic heterocycles. The normalized spacial score (nSPS) is 22.8. The molecule has 2 aliphatic rings. The number of carbonyl (C=O) groups is 1. The highest BCUT2D eigenvalue weighted by Crippen LogP contribution is 2.42. The van der Waals surface area contributed by atoms with E-state index < -0.39 is 12.4 Å². The van der Waals surface area contributed by atoms with Crippen molar-refractivity contribution in [1.82, 2.24) is 10.2 Å². The molecule has 3 aromatic rings. The van der Waals surface area contributed by atoms with Crippen molar-refractivity contribution in [3.8, 4) is 11.1 Å². The lowest BCUT2D eigenvalue weighted by Gasteiger charge is -2.43. The molecule has 0 aliphatic carbocycles. The Morgan fingerprint density at radius 3 is 2.45 bits per heavy atom. The third kappa shape index (κ3) is 7.45. The molecule has 0 bridgehead atoms. The molecule has 2 aliphatic heterocycles. The maximum atomic E-state index is 11.9. The van der Waals surface area contributed by atoms with Gasteiger partial charge in [0.25, 0.3) is 0 Å². The second-order valence-corrected chi connectivity index (χ2v) is 10.8. The summed E-state index contributed by atoms with van der Waals surface area (Å²) >= 11 is 0. The molecule has 0 saturated carbocycles. The number of ether oxygens (including phenoxy) is 4. The Labute approximate surface area is 247 Å². The summed E-state index contributed by atoms with van der Waals surface area (Å²) in [5.74, 6) is 0.126. The number of rotatable bonds is 10. The Morgan fingerprint density at radius 2 is 1.74 bits per heavy atom. The summed E-state index contributed by atoms with van der Waals surface area (Å²) in [5, 5.41) is 12.3. The fourth-order valence-electron chi connectivity index (χ4n) is 5.50. The van der Waals surface area contributed by atoms with Gasteiger partial charge in [-0.3, -0.25) is 4.90 Å². The Kier molecular flexibility index (Phi) is 10.4. The van der Waals surface area contributed by atoms with Gasteiger partial charge in [0, 0.05) is 37.7 Å². The van der Waals surface area contributed by atoms with Gasteiger partial charge in [0.05, 0.1) is 32.0 Å². The highest BCUT2D eigenvalue weighted by Gasteiger charge is 2.39. The van der Waals surface area contributed by atoms with Crippen LogP contribution in [-0.2, 0) is 32.1 Å². The number of aliphatic hydroxyl groups is 1. The molecule has 0 unspecified atom stereocenters. The van der Waals surface area contributed by atoms with Crippen LogP contribution in [0.15, 0.2) is 85.5 Å². The fourth-order valence-corrected chi connectivity index (χ4v) is 5.50. The molecule has 0 radical (unpaired) electrons. The second kappa shape index (κ2) is 14.6. The van der Waals surface area contributed by atoms with Gasteiger partial charge in [-0.2, -0.15) is 0 Å². The van der Waals surface area contributed by atoms with Gasteiger partial charge in [0.1, 0.15) is 6.61 Å². The first kappa shape index (κ1) is 29.9. The lowest BCUT2D eigenvalue weighted by molar-refractivity contribution is -0.277. The predicted octanol–water partition coefficient (Wildman–Crippen LogP) is 5.38. The van der Waals surface area contributed by atoms with Gasteiger partial charge in [-0.25, -0.2) is 4.79 Å². The van der Waals surface area contributed by atoms with Crippen molar-refractivity contribution < 1.29 is 28.8 Å². The number of alkyl carbamates (subject to hydrolysis) is 1. The second-order valence-electron chi connectivity index (χ2n) is 10.8. The average Bonchev–Trinajstić information content (AvgIpc) is 3.04. The highest BCUT2D eigenvalue weighted by molar-refractivity contribution is 5.70. The summed E-state index contributed by atoms with van der Waals surface area (Å²) < 4.78 is 23.9. The number of hydrogen-bond donors (Lipinski definition) is 2. The van der Waals surface area contributed by atoms with Gasteiger partial charge in [0.15, 0.2) is 6.29 Å². The minimum atomic E-state index is -0.527. The SMILES string of the molecule is C=CCOC(=O)NCc1ccccc1-c1ccc([C@H]2O[C@@H](CN3CCOCC3)[C@@H](C)[C@@H](c3ccc(CO)cc3)O2)cc1. The summed E-state index contributed by atoms with van der Waals surface area (Å²) in [4.78, 5) is 14.4. The summed E-state index contributed by atoms with van der Waals surface area (Å²) in [7, 11) is 0. The maximum absolute atomic E-state index is 11.9. The molecule has 0 spiro atoms. The van der Waals surface area contributed by atoms with Crippen LogP contribution in [0.5, 0.6) is 0 Å². The molecule has 1 amide bonds. The zero-order valence-electron chi connectivity index (χ0n) is 24.1. The van der Waals surface area contributed by atoms with Crippen molar-refractivity contribution in [3.63, 3.8) is 0 Å². The zero-order valence-corrected chi connectivity index (χ0v) is 24.1. The van der Waals surface area contributed by atoms with E-state index >= 15 is 0 Å². The standard InChI is InChI=1S/C34H40N2O6/c1-3-18-40-34(38)35-21-29-6-4-5-7-30(29)26-12-14-28(15-13-26)33-41-31(22-36-16-19-39-20-17-36)24(2)32(42-33)27-10-8-25(23-37)9-11-27/h3-15,24,31-33,37H,1,16-23H2,2H3,(H,35,38)/t24-,31+,32+,33+/m1/s1. The number of carbonyl (C=O) groups excluding carboxylic acids is 1. The van der Waals surface area contributed by atoms with Crippen molar-refractivity contribution in [3.05, 3.63) is 108 Å². The molecular weight excluding hydrogens is 532 g/mol. The minimum absolute atomic E-state index is 0.0116. The number of benzene rings is 3. The maximum Gasteiger partial charge on any atom is 0.407 e. The highest BCUT2D eigenvalue weighted by atomic mass is 16.7. The van der Waals surface area contributed by atoms with E-state index in [9.17, 15) is 9.90 Å². The first-order chi connectivity index (χ1) is 20.6. The first-order valence-corrected chi connectivity index (χ1v) is 14.6. The van der Waals surface area contributed by atoms with Gasteiger partial charge in [-0.15, -0.1) is 0 Å². The van der Waals surface area contributed by atoms with Crippen molar-refractivity contribution in [2.24, 2.45) is 5.92 Å². The monoisotopic (exact) mass is 572 g/mol. The number of hydrogen-bond acceptors (Lipinski definition) is 7. The van der Waals surface area contributed by atoms with Gasteiger partial charge in [0.2, 0.25) is 0 Å². The third-order valence-corrected chi connectivity index (χ3v) is 7.93. The number of nitrogens with zero attached hydrogens (tertiary/aromatic N) is 1. The van der Waals surface area contributed by atoms with Gasteiger partial charge < -0.3 is 29.4 Å². The Bertz CT molecular complexity index is 1310. The van der Waals surface area contributed by atoms with E-state index in [1.54, 1.807) is 0 Å². The van der Waals surface area contributed by atoms with Crippen LogP contribution >= 0.6 is 0 Å². The number of morpholine rings is 1. The van der Waals surface area contributed by atoms with E-state index in [1.165, 1.54) is 6.08 Å². The molecule has 2 heterocycles. The van der Waals surface area contributed by atoms with E-state index in [0.717, 1.165) is 66.2 Å². The lowest BCUT2D eigenvalue weighted by atomic mass is 9.90. The van der Waals surface area contributed by atoms with E-state index in [2.05, 4.69) is 48.0 Å². The fraction of sp³-hybridized carbons (Fsp3) is 0.382. The number of amides is 1. The third-order valence-electron chi connectivity index (χ3n) is 7.93. The molecule has 4 atom stereocenters. The van der Waals surface area contributed by atoms with E-state index in [1.807, 2.05) is 48.5 Å². The smallest absolute Gasteiger partial charge is 0.407 e. The molecule has 222 valence electrons. The number of aliphatic hydroxyl groups excluding tert-OH is 1. The molecule has 2 fully saturated rings. The van der Waals surface area contributed by atoms with Crippen LogP contribution in [0.1, 0.15) is 41.6 Å². The Balaban J connectivity index is 1.35. The molecule has 5 rings (SSSR count). The van der Waals surface area contributed by atoms with Gasteiger partial charge in [-0.1, -0.05) is 92.4 Å². The predicted molar refractivity (Wildman–Crippen MR) is 160 cm³/mol. The van der Waals surface area contributed by atoms with E-state index in [0.29, 0.717) is 6.54 Å². The topological polar surface area (TPSA) is 89.5 Å². The van der Waals surface area contributed by atoms with Crippen LogP contribution in [0.25, 0.3) is 11.1 Å². The molecular formula is C34H40N2O6. The first-order valence-electron chi connectivity index (χ1n) is 14.6. The molecule has 42 heavy (non-hydrogen) atoms. The van der Waals surface area contributed by atoms with Crippen LogP contribution < -0.4 is 5.32 Å². The molecule has 3 aromatic carbocycles. The zero-order chi connectivity index (χ0) is 29.3. The van der Waals surface area contributed by atoms with Crippen LogP contribution in [0, 0.1) is 5.92 Å². The van der Waals surface area contributed by atoms with Crippen molar-refractivity contribution >= 4 is 6.09 Å². The van der Waals surface area contributed by atoms with Crippen LogP contribution in [0.2, 0.25) is 0 Å². The Hall–Kier alpha value is -3.53. The summed E-state index contributed by atoms with van der Waals surface area (Å²) in [5.41, 5.74) is 5.93.